The van der Waals surface area contributed by atoms with Crippen molar-refractivity contribution in [1.29, 1.82) is 0 Å². The molecular weight excluding hydrogens is 270 g/mol. The van der Waals surface area contributed by atoms with E-state index in [9.17, 15) is 8.42 Å². The Kier molecular flexibility index (Phi) is 3.59. The second kappa shape index (κ2) is 4.89. The summed E-state index contributed by atoms with van der Waals surface area (Å²) in [4.78, 5) is 6.80. The van der Waals surface area contributed by atoms with Crippen LogP contribution in [0.15, 0.2) is 29.4 Å². The zero-order chi connectivity index (χ0) is 14.1. The number of pyridine rings is 1. The van der Waals surface area contributed by atoms with Gasteiger partial charge >= 0.3 is 0 Å². The number of hydrogen-bond donors (Lipinski definition) is 4. The van der Waals surface area contributed by atoms with Crippen molar-refractivity contribution in [3.8, 4) is 0 Å². The summed E-state index contributed by atoms with van der Waals surface area (Å²) in [5, 5.41) is 18.8. The standard InChI is InChI=1S/C11H15N3O4S/c1-11(6-15,7-16)14-19(17,18)9-5-13-10-8(9)3-2-4-12-10/h2-5,14-16H,6-7H2,1H3,(H,12,13). The van der Waals surface area contributed by atoms with Gasteiger partial charge in [0.05, 0.1) is 18.8 Å². The highest BCUT2D eigenvalue weighted by atomic mass is 32.2. The maximum Gasteiger partial charge on any atom is 0.243 e. The first-order valence-electron chi connectivity index (χ1n) is 5.60. The molecule has 0 aliphatic rings. The van der Waals surface area contributed by atoms with E-state index < -0.39 is 28.8 Å². The Hall–Kier alpha value is -1.48. The lowest BCUT2D eigenvalue weighted by Crippen LogP contribution is -2.51. The summed E-state index contributed by atoms with van der Waals surface area (Å²) in [6.45, 7) is 0.393. The minimum Gasteiger partial charge on any atom is -0.394 e. The summed E-state index contributed by atoms with van der Waals surface area (Å²) in [6, 6.07) is 3.26. The van der Waals surface area contributed by atoms with Gasteiger partial charge in [-0.2, -0.15) is 0 Å². The number of aliphatic hydroxyl groups is 2. The van der Waals surface area contributed by atoms with Crippen LogP contribution in [0, 0.1) is 0 Å². The minimum atomic E-state index is -3.87. The monoisotopic (exact) mass is 285 g/mol. The first-order chi connectivity index (χ1) is 8.92. The third kappa shape index (κ3) is 2.61. The van der Waals surface area contributed by atoms with Crippen molar-refractivity contribution in [2.24, 2.45) is 0 Å². The van der Waals surface area contributed by atoms with E-state index in [1.807, 2.05) is 0 Å². The molecule has 8 heteroatoms. The molecule has 0 spiro atoms. The number of H-pyrrole nitrogens is 1. The highest BCUT2D eigenvalue weighted by molar-refractivity contribution is 7.89. The third-order valence-corrected chi connectivity index (χ3v) is 4.46. The second-order valence-electron chi connectivity index (χ2n) is 4.53. The van der Waals surface area contributed by atoms with Crippen LogP contribution in [0.25, 0.3) is 11.0 Å². The van der Waals surface area contributed by atoms with Crippen LogP contribution in [0.3, 0.4) is 0 Å². The Morgan fingerprint density at radius 2 is 2.11 bits per heavy atom. The number of rotatable bonds is 5. The molecule has 0 unspecified atom stereocenters. The van der Waals surface area contributed by atoms with Crippen molar-refractivity contribution < 1.29 is 18.6 Å². The fourth-order valence-corrected chi connectivity index (χ4v) is 3.20. The minimum absolute atomic E-state index is 0.0312. The Morgan fingerprint density at radius 1 is 1.42 bits per heavy atom. The Morgan fingerprint density at radius 3 is 2.74 bits per heavy atom. The summed E-state index contributed by atoms with van der Waals surface area (Å²) in [7, 11) is -3.87. The van der Waals surface area contributed by atoms with Crippen LogP contribution < -0.4 is 4.72 Å². The maximum atomic E-state index is 12.3. The molecule has 0 bridgehead atoms. The van der Waals surface area contributed by atoms with Crippen LogP contribution >= 0.6 is 0 Å². The van der Waals surface area contributed by atoms with Gasteiger partial charge in [0.2, 0.25) is 10.0 Å². The van der Waals surface area contributed by atoms with Gasteiger partial charge in [-0.1, -0.05) is 0 Å². The molecule has 0 saturated heterocycles. The first kappa shape index (κ1) is 13.9. The second-order valence-corrected chi connectivity index (χ2v) is 6.19. The molecule has 7 nitrogen and oxygen atoms in total. The normalized spacial score (nSPS) is 13.0. The molecular formula is C11H15N3O4S. The number of aromatic amines is 1. The predicted octanol–water partition coefficient (Wildman–Crippen LogP) is -0.415. The molecule has 0 radical (unpaired) electrons. The molecule has 2 aromatic heterocycles. The molecule has 0 fully saturated rings. The Labute approximate surface area is 110 Å². The molecule has 2 aromatic rings. The van der Waals surface area contributed by atoms with Crippen LogP contribution in [-0.4, -0.2) is 47.4 Å². The van der Waals surface area contributed by atoms with Gasteiger partial charge in [0.15, 0.2) is 0 Å². The summed E-state index contributed by atoms with van der Waals surface area (Å²) in [5.74, 6) is 0. The number of hydrogen-bond acceptors (Lipinski definition) is 5. The van der Waals surface area contributed by atoms with Gasteiger partial charge in [-0.25, -0.2) is 18.1 Å². The molecule has 2 heterocycles. The molecule has 19 heavy (non-hydrogen) atoms. The van der Waals surface area contributed by atoms with E-state index in [-0.39, 0.29) is 4.90 Å². The quantitative estimate of drug-likeness (QED) is 0.596. The lowest BCUT2D eigenvalue weighted by atomic mass is 10.1. The molecule has 2 rings (SSSR count). The van der Waals surface area contributed by atoms with Crippen molar-refractivity contribution in [1.82, 2.24) is 14.7 Å². The average Bonchev–Trinajstić information content (AvgIpc) is 2.82. The Balaban J connectivity index is 2.45. The molecule has 0 aliphatic heterocycles. The van der Waals surface area contributed by atoms with E-state index in [1.54, 1.807) is 18.3 Å². The van der Waals surface area contributed by atoms with Gasteiger partial charge < -0.3 is 15.2 Å². The van der Waals surface area contributed by atoms with E-state index in [2.05, 4.69) is 14.7 Å². The van der Waals surface area contributed by atoms with Crippen LogP contribution in [0.2, 0.25) is 0 Å². The SMILES string of the molecule is CC(CO)(CO)NS(=O)(=O)c1c[nH]c2ncccc12. The van der Waals surface area contributed by atoms with Crippen LogP contribution in [0.5, 0.6) is 0 Å². The largest absolute Gasteiger partial charge is 0.394 e. The number of sulfonamides is 1. The van der Waals surface area contributed by atoms with Gasteiger partial charge in [0.25, 0.3) is 0 Å². The Bertz CT molecular complexity index is 676. The van der Waals surface area contributed by atoms with E-state index in [4.69, 9.17) is 10.2 Å². The lowest BCUT2D eigenvalue weighted by Gasteiger charge is -2.25. The summed E-state index contributed by atoms with van der Waals surface area (Å²) in [6.07, 6.45) is 2.88. The van der Waals surface area contributed by atoms with Gasteiger partial charge in [-0.15, -0.1) is 0 Å². The molecule has 0 atom stereocenters. The average molecular weight is 285 g/mol. The van der Waals surface area contributed by atoms with Crippen molar-refractivity contribution in [2.75, 3.05) is 13.2 Å². The zero-order valence-electron chi connectivity index (χ0n) is 10.3. The van der Waals surface area contributed by atoms with Gasteiger partial charge in [-0.3, -0.25) is 0 Å². The summed E-state index contributed by atoms with van der Waals surface area (Å²) < 4.78 is 26.8. The maximum absolute atomic E-state index is 12.3. The topological polar surface area (TPSA) is 115 Å². The number of nitrogens with one attached hydrogen (secondary N) is 2. The summed E-state index contributed by atoms with van der Waals surface area (Å²) in [5.41, 5.74) is -0.859. The molecule has 0 saturated carbocycles. The highest BCUT2D eigenvalue weighted by Gasteiger charge is 2.31. The highest BCUT2D eigenvalue weighted by Crippen LogP contribution is 2.22. The van der Waals surface area contributed by atoms with Crippen molar-refractivity contribution in [3.05, 3.63) is 24.5 Å². The van der Waals surface area contributed by atoms with Gasteiger partial charge in [-0.05, 0) is 19.1 Å². The number of nitrogens with zero attached hydrogens (tertiary/aromatic N) is 1. The lowest BCUT2D eigenvalue weighted by molar-refractivity contribution is 0.122. The van der Waals surface area contributed by atoms with Crippen molar-refractivity contribution in [3.63, 3.8) is 0 Å². The van der Waals surface area contributed by atoms with Crippen molar-refractivity contribution in [2.45, 2.75) is 17.4 Å². The third-order valence-electron chi connectivity index (χ3n) is 2.78. The first-order valence-corrected chi connectivity index (χ1v) is 7.08. The number of aromatic nitrogens is 2. The number of fused-ring (bicyclic) bond motifs is 1. The van der Waals surface area contributed by atoms with Gasteiger partial charge in [0, 0.05) is 17.8 Å². The molecule has 0 aliphatic carbocycles. The van der Waals surface area contributed by atoms with E-state index >= 15 is 0 Å². The predicted molar refractivity (Wildman–Crippen MR) is 69.0 cm³/mol. The van der Waals surface area contributed by atoms with Crippen LogP contribution in [-0.2, 0) is 10.0 Å². The molecule has 0 aromatic carbocycles. The zero-order valence-corrected chi connectivity index (χ0v) is 11.1. The molecule has 104 valence electrons. The molecule has 4 N–H and O–H groups in total. The molecule has 0 amide bonds. The van der Waals surface area contributed by atoms with Crippen molar-refractivity contribution >= 4 is 21.1 Å². The fraction of sp³-hybridized carbons (Fsp3) is 0.364. The fourth-order valence-electron chi connectivity index (χ4n) is 1.65. The van der Waals surface area contributed by atoms with Gasteiger partial charge in [0.1, 0.15) is 10.5 Å². The van der Waals surface area contributed by atoms with Crippen LogP contribution in [0.1, 0.15) is 6.92 Å². The smallest absolute Gasteiger partial charge is 0.243 e. The van der Waals surface area contributed by atoms with E-state index in [0.29, 0.717) is 11.0 Å². The van der Waals surface area contributed by atoms with E-state index in [1.165, 1.54) is 13.1 Å². The van der Waals surface area contributed by atoms with E-state index in [0.717, 1.165) is 0 Å². The van der Waals surface area contributed by atoms with Crippen LogP contribution in [0.4, 0.5) is 0 Å². The number of aliphatic hydroxyl groups excluding tert-OH is 2. The summed E-state index contributed by atoms with van der Waals surface area (Å²) >= 11 is 0.